The van der Waals surface area contributed by atoms with Gasteiger partial charge in [-0.05, 0) is 42.5 Å². The standard InChI is InChI=1S/C31H19N3/c32-20-21-17-18-22(33-27-13-5-1-9-23(27)24-10-2-6-14-28(24)33)19-31(21)34-29-15-7-3-11-25(29)26-12-4-8-16-30(26)34/h1-19H. The second-order valence-electron chi connectivity index (χ2n) is 8.55. The maximum atomic E-state index is 10.1. The van der Waals surface area contributed by atoms with E-state index in [-0.39, 0.29) is 0 Å². The zero-order chi connectivity index (χ0) is 22.6. The van der Waals surface area contributed by atoms with Gasteiger partial charge in [0.15, 0.2) is 0 Å². The van der Waals surface area contributed by atoms with Crippen LogP contribution >= 0.6 is 0 Å². The van der Waals surface area contributed by atoms with Gasteiger partial charge in [0.05, 0.1) is 33.3 Å². The van der Waals surface area contributed by atoms with Gasteiger partial charge < -0.3 is 9.13 Å². The number of para-hydroxylation sites is 4. The molecule has 0 aliphatic heterocycles. The molecule has 0 radical (unpaired) electrons. The molecule has 3 nitrogen and oxygen atoms in total. The van der Waals surface area contributed by atoms with E-state index in [4.69, 9.17) is 0 Å². The Morgan fingerprint density at radius 3 is 1.32 bits per heavy atom. The summed E-state index contributed by atoms with van der Waals surface area (Å²) in [6, 6.07) is 42.4. The summed E-state index contributed by atoms with van der Waals surface area (Å²) in [5.41, 5.74) is 7.07. The average molecular weight is 434 g/mol. The highest BCUT2D eigenvalue weighted by atomic mass is 15.0. The third kappa shape index (κ3) is 2.51. The Kier molecular flexibility index (Phi) is 3.91. The fourth-order valence-corrected chi connectivity index (χ4v) is 5.32. The molecule has 34 heavy (non-hydrogen) atoms. The highest BCUT2D eigenvalue weighted by Gasteiger charge is 2.17. The van der Waals surface area contributed by atoms with Crippen molar-refractivity contribution in [1.82, 2.24) is 9.13 Å². The summed E-state index contributed by atoms with van der Waals surface area (Å²) >= 11 is 0. The van der Waals surface area contributed by atoms with E-state index in [2.05, 4.69) is 124 Å². The number of nitriles is 1. The number of hydrogen-bond donors (Lipinski definition) is 0. The van der Waals surface area contributed by atoms with Crippen molar-refractivity contribution in [3.8, 4) is 17.4 Å². The number of hydrogen-bond acceptors (Lipinski definition) is 1. The maximum absolute atomic E-state index is 10.1. The fraction of sp³-hybridized carbons (Fsp3) is 0. The average Bonchev–Trinajstić information content (AvgIpc) is 3.41. The second-order valence-corrected chi connectivity index (χ2v) is 8.55. The fourth-order valence-electron chi connectivity index (χ4n) is 5.32. The molecule has 0 aliphatic rings. The number of aromatic nitrogens is 2. The van der Waals surface area contributed by atoms with E-state index in [0.717, 1.165) is 33.4 Å². The molecule has 7 aromatic rings. The van der Waals surface area contributed by atoms with Crippen LogP contribution in [0.25, 0.3) is 55.0 Å². The van der Waals surface area contributed by atoms with Crippen LogP contribution in [0.2, 0.25) is 0 Å². The van der Waals surface area contributed by atoms with Gasteiger partial charge in [-0.1, -0.05) is 72.8 Å². The summed E-state index contributed by atoms with van der Waals surface area (Å²) in [4.78, 5) is 0. The first-order valence-electron chi connectivity index (χ1n) is 11.4. The molecule has 0 spiro atoms. The zero-order valence-corrected chi connectivity index (χ0v) is 18.3. The monoisotopic (exact) mass is 433 g/mol. The van der Waals surface area contributed by atoms with Gasteiger partial charge in [0, 0.05) is 27.2 Å². The molecule has 0 saturated heterocycles. The van der Waals surface area contributed by atoms with Crippen molar-refractivity contribution < 1.29 is 0 Å². The lowest BCUT2D eigenvalue weighted by Crippen LogP contribution is -2.01. The lowest BCUT2D eigenvalue weighted by Gasteiger charge is -2.14. The minimum atomic E-state index is 0.649. The van der Waals surface area contributed by atoms with Crippen molar-refractivity contribution in [2.75, 3.05) is 0 Å². The maximum Gasteiger partial charge on any atom is 0.101 e. The summed E-state index contributed by atoms with van der Waals surface area (Å²) < 4.78 is 4.52. The first-order chi connectivity index (χ1) is 16.8. The largest absolute Gasteiger partial charge is 0.309 e. The van der Waals surface area contributed by atoms with Crippen LogP contribution in [0.5, 0.6) is 0 Å². The summed E-state index contributed by atoms with van der Waals surface area (Å²) in [6.07, 6.45) is 0. The third-order valence-corrected chi connectivity index (χ3v) is 6.76. The summed E-state index contributed by atoms with van der Waals surface area (Å²) in [7, 11) is 0. The molecule has 0 fully saturated rings. The molecule has 0 unspecified atom stereocenters. The molecule has 7 rings (SSSR count). The van der Waals surface area contributed by atoms with Gasteiger partial charge in [-0.2, -0.15) is 5.26 Å². The molecular weight excluding hydrogens is 414 g/mol. The highest BCUT2D eigenvalue weighted by Crippen LogP contribution is 2.36. The molecule has 158 valence electrons. The molecule has 0 bridgehead atoms. The van der Waals surface area contributed by atoms with Crippen molar-refractivity contribution >= 4 is 43.6 Å². The summed E-state index contributed by atoms with van der Waals surface area (Å²) in [6.45, 7) is 0. The predicted octanol–water partition coefficient (Wildman–Crippen LogP) is 7.75. The van der Waals surface area contributed by atoms with Gasteiger partial charge in [0.2, 0.25) is 0 Å². The van der Waals surface area contributed by atoms with Crippen LogP contribution in [0.3, 0.4) is 0 Å². The van der Waals surface area contributed by atoms with Crippen molar-refractivity contribution in [2.24, 2.45) is 0 Å². The van der Waals surface area contributed by atoms with E-state index in [1.807, 2.05) is 6.07 Å². The number of rotatable bonds is 2. The minimum Gasteiger partial charge on any atom is -0.309 e. The quantitative estimate of drug-likeness (QED) is 0.274. The topological polar surface area (TPSA) is 33.6 Å². The Morgan fingerprint density at radius 2 is 0.882 bits per heavy atom. The predicted molar refractivity (Wildman–Crippen MR) is 140 cm³/mol. The lowest BCUT2D eigenvalue weighted by atomic mass is 10.1. The van der Waals surface area contributed by atoms with Gasteiger partial charge in [0.25, 0.3) is 0 Å². The van der Waals surface area contributed by atoms with Crippen LogP contribution in [0, 0.1) is 11.3 Å². The Hall–Kier alpha value is -4.81. The number of benzene rings is 5. The second kappa shape index (κ2) is 7.10. The van der Waals surface area contributed by atoms with Gasteiger partial charge in [0.1, 0.15) is 6.07 Å². The summed E-state index contributed by atoms with van der Waals surface area (Å²) in [5.74, 6) is 0. The summed E-state index contributed by atoms with van der Waals surface area (Å²) in [5, 5.41) is 14.9. The molecule has 2 heterocycles. The van der Waals surface area contributed by atoms with E-state index >= 15 is 0 Å². The van der Waals surface area contributed by atoms with Crippen molar-refractivity contribution in [2.45, 2.75) is 0 Å². The Labute approximate surface area is 196 Å². The van der Waals surface area contributed by atoms with Crippen molar-refractivity contribution in [1.29, 1.82) is 5.26 Å². The highest BCUT2D eigenvalue weighted by molar-refractivity contribution is 6.10. The van der Waals surface area contributed by atoms with E-state index < -0.39 is 0 Å². The molecule has 2 aromatic heterocycles. The Bertz CT molecular complexity index is 1820. The van der Waals surface area contributed by atoms with Crippen molar-refractivity contribution in [3.05, 3.63) is 121 Å². The lowest BCUT2D eigenvalue weighted by molar-refractivity contribution is 1.13. The zero-order valence-electron chi connectivity index (χ0n) is 18.3. The number of nitrogens with zero attached hydrogens (tertiary/aromatic N) is 3. The molecule has 3 heteroatoms. The molecule has 0 N–H and O–H groups in total. The Balaban J connectivity index is 1.60. The molecule has 5 aromatic carbocycles. The Morgan fingerprint density at radius 1 is 0.471 bits per heavy atom. The smallest absolute Gasteiger partial charge is 0.101 e. The molecule has 0 atom stereocenters. The minimum absolute atomic E-state index is 0.649. The van der Waals surface area contributed by atoms with E-state index in [1.54, 1.807) is 0 Å². The van der Waals surface area contributed by atoms with Crippen LogP contribution < -0.4 is 0 Å². The first-order valence-corrected chi connectivity index (χ1v) is 11.4. The molecule has 0 saturated carbocycles. The molecule has 0 aliphatic carbocycles. The van der Waals surface area contributed by atoms with E-state index in [0.29, 0.717) is 5.56 Å². The van der Waals surface area contributed by atoms with Gasteiger partial charge in [-0.15, -0.1) is 0 Å². The normalized spacial score (nSPS) is 11.5. The van der Waals surface area contributed by atoms with Gasteiger partial charge >= 0.3 is 0 Å². The van der Waals surface area contributed by atoms with E-state index in [9.17, 15) is 5.26 Å². The number of fused-ring (bicyclic) bond motifs is 6. The van der Waals surface area contributed by atoms with Crippen LogP contribution in [0.1, 0.15) is 5.56 Å². The van der Waals surface area contributed by atoms with Crippen LogP contribution in [-0.4, -0.2) is 9.13 Å². The molecular formula is C31H19N3. The van der Waals surface area contributed by atoms with Crippen LogP contribution in [0.4, 0.5) is 0 Å². The third-order valence-electron chi connectivity index (χ3n) is 6.76. The van der Waals surface area contributed by atoms with Crippen molar-refractivity contribution in [3.63, 3.8) is 0 Å². The van der Waals surface area contributed by atoms with E-state index in [1.165, 1.54) is 21.5 Å². The van der Waals surface area contributed by atoms with Crippen LogP contribution in [0.15, 0.2) is 115 Å². The van der Waals surface area contributed by atoms with Crippen LogP contribution in [-0.2, 0) is 0 Å². The first kappa shape index (κ1) is 18.7. The molecule has 0 amide bonds. The van der Waals surface area contributed by atoms with Gasteiger partial charge in [-0.25, -0.2) is 0 Å². The van der Waals surface area contributed by atoms with Gasteiger partial charge in [-0.3, -0.25) is 0 Å². The SMILES string of the molecule is N#Cc1ccc(-n2c3ccccc3c3ccccc32)cc1-n1c2ccccc2c2ccccc21.